The van der Waals surface area contributed by atoms with Crippen molar-refractivity contribution in [1.82, 2.24) is 0 Å². The number of hydroxylamine groups is 1. The van der Waals surface area contributed by atoms with Gasteiger partial charge >= 0.3 is 0 Å². The summed E-state index contributed by atoms with van der Waals surface area (Å²) >= 11 is 6.02. The van der Waals surface area contributed by atoms with Crippen LogP contribution in [0.3, 0.4) is 0 Å². The van der Waals surface area contributed by atoms with Gasteiger partial charge in [0.15, 0.2) is 6.10 Å². The molecule has 2 aliphatic heterocycles. The zero-order valence-corrected chi connectivity index (χ0v) is 17.7. The van der Waals surface area contributed by atoms with Crippen molar-refractivity contribution in [3.05, 3.63) is 89.2 Å². The summed E-state index contributed by atoms with van der Waals surface area (Å²) in [5.41, 5.74) is 1.73. The van der Waals surface area contributed by atoms with Crippen molar-refractivity contribution in [2.75, 3.05) is 17.1 Å². The van der Waals surface area contributed by atoms with Crippen LogP contribution in [-0.2, 0) is 14.4 Å². The molecule has 8 heteroatoms. The normalized spacial score (nSPS) is 22.4. The first-order valence-corrected chi connectivity index (χ1v) is 10.3. The van der Waals surface area contributed by atoms with Crippen molar-refractivity contribution < 1.29 is 23.6 Å². The lowest BCUT2D eigenvalue weighted by Crippen LogP contribution is -2.37. The number of imide groups is 1. The van der Waals surface area contributed by atoms with E-state index in [0.29, 0.717) is 27.7 Å². The van der Waals surface area contributed by atoms with Crippen molar-refractivity contribution >= 4 is 34.8 Å². The second kappa shape index (κ2) is 7.93. The third-order valence-electron chi connectivity index (χ3n) is 5.74. The van der Waals surface area contributed by atoms with Gasteiger partial charge in [-0.2, -0.15) is 0 Å². The van der Waals surface area contributed by atoms with Crippen molar-refractivity contribution in [2.45, 2.75) is 12.1 Å². The summed E-state index contributed by atoms with van der Waals surface area (Å²) in [7, 11) is 1.54. The summed E-state index contributed by atoms with van der Waals surface area (Å²) in [6, 6.07) is 18.8. The Morgan fingerprint density at radius 3 is 2.12 bits per heavy atom. The maximum absolute atomic E-state index is 13.6. The Morgan fingerprint density at radius 2 is 1.50 bits per heavy atom. The maximum Gasteiger partial charge on any atom is 0.266 e. The van der Waals surface area contributed by atoms with Gasteiger partial charge in [-0.05, 0) is 66.2 Å². The standard InChI is InChI=1S/C24H18ClFN2O4/c1-31-19-12-10-17(11-13-19)27-23(29)20-21(14-2-6-16(26)7-3-14)28(32-22(20)24(27)30)18-8-4-15(25)5-9-18/h2-13,20-22H,1H3/t20-,21+,22+/m0/s1. The van der Waals surface area contributed by atoms with E-state index in [2.05, 4.69) is 0 Å². The molecule has 3 aromatic rings. The van der Waals surface area contributed by atoms with Crippen LogP contribution < -0.4 is 14.7 Å². The van der Waals surface area contributed by atoms with Gasteiger partial charge in [0.25, 0.3) is 5.91 Å². The topological polar surface area (TPSA) is 59.1 Å². The van der Waals surface area contributed by atoms with Crippen LogP contribution in [0, 0.1) is 11.7 Å². The molecule has 2 amide bonds. The maximum atomic E-state index is 13.6. The number of amides is 2. The molecule has 0 N–H and O–H groups in total. The number of carbonyl (C=O) groups is 2. The molecule has 5 rings (SSSR count). The highest BCUT2D eigenvalue weighted by atomic mass is 35.5. The SMILES string of the molecule is COc1ccc(N2C(=O)[C@H]3[C@@H](c4ccc(F)cc4)N(c4ccc(Cl)cc4)O[C@H]3C2=O)cc1. The van der Waals surface area contributed by atoms with E-state index in [1.807, 2.05) is 0 Å². The highest BCUT2D eigenvalue weighted by Crippen LogP contribution is 2.47. The quantitative estimate of drug-likeness (QED) is 0.544. The third kappa shape index (κ3) is 3.30. The van der Waals surface area contributed by atoms with Crippen molar-refractivity contribution in [3.8, 4) is 5.75 Å². The number of rotatable bonds is 4. The van der Waals surface area contributed by atoms with E-state index in [-0.39, 0.29) is 5.91 Å². The fourth-order valence-corrected chi connectivity index (χ4v) is 4.34. The second-order valence-electron chi connectivity index (χ2n) is 7.56. The van der Waals surface area contributed by atoms with Gasteiger partial charge in [-0.1, -0.05) is 23.7 Å². The summed E-state index contributed by atoms with van der Waals surface area (Å²) < 4.78 is 18.7. The van der Waals surface area contributed by atoms with Crippen LogP contribution in [0.2, 0.25) is 5.02 Å². The molecule has 0 bridgehead atoms. The molecule has 0 aromatic heterocycles. The van der Waals surface area contributed by atoms with Gasteiger partial charge in [-0.3, -0.25) is 14.4 Å². The minimum absolute atomic E-state index is 0.379. The fourth-order valence-electron chi connectivity index (χ4n) is 4.21. The Bertz CT molecular complexity index is 1170. The lowest BCUT2D eigenvalue weighted by atomic mass is 9.90. The Labute approximate surface area is 188 Å². The number of halogens is 2. The molecule has 0 saturated carbocycles. The molecular formula is C24H18ClFN2O4. The molecule has 2 heterocycles. The van der Waals surface area contributed by atoms with Crippen LogP contribution in [0.5, 0.6) is 5.75 Å². The highest BCUT2D eigenvalue weighted by Gasteiger charge is 2.60. The molecule has 162 valence electrons. The van der Waals surface area contributed by atoms with Crippen molar-refractivity contribution in [3.63, 3.8) is 0 Å². The third-order valence-corrected chi connectivity index (χ3v) is 5.99. The molecule has 2 saturated heterocycles. The molecule has 3 atom stereocenters. The van der Waals surface area contributed by atoms with Gasteiger partial charge in [0.05, 0.1) is 24.5 Å². The molecule has 0 aliphatic carbocycles. The van der Waals surface area contributed by atoms with Crippen LogP contribution in [0.1, 0.15) is 11.6 Å². The minimum atomic E-state index is -1.00. The van der Waals surface area contributed by atoms with Gasteiger partial charge in [0.1, 0.15) is 17.5 Å². The second-order valence-corrected chi connectivity index (χ2v) is 8.00. The summed E-state index contributed by atoms with van der Waals surface area (Å²) in [5.74, 6) is -1.41. The van der Waals surface area contributed by atoms with Gasteiger partial charge in [0, 0.05) is 5.02 Å². The molecule has 2 fully saturated rings. The zero-order valence-electron chi connectivity index (χ0n) is 16.9. The van der Waals surface area contributed by atoms with Crippen LogP contribution in [-0.4, -0.2) is 25.0 Å². The van der Waals surface area contributed by atoms with E-state index in [0.717, 1.165) is 4.90 Å². The summed E-state index contributed by atoms with van der Waals surface area (Å²) in [4.78, 5) is 34.0. The van der Waals surface area contributed by atoms with Gasteiger partial charge in [-0.25, -0.2) is 14.4 Å². The van der Waals surface area contributed by atoms with Crippen LogP contribution >= 0.6 is 11.6 Å². The number of hydrogen-bond acceptors (Lipinski definition) is 5. The summed E-state index contributed by atoms with van der Waals surface area (Å²) in [6.07, 6.45) is -1.00. The van der Waals surface area contributed by atoms with Crippen LogP contribution in [0.25, 0.3) is 0 Å². The fraction of sp³-hybridized carbons (Fsp3) is 0.167. The van der Waals surface area contributed by atoms with Crippen molar-refractivity contribution in [2.24, 2.45) is 5.92 Å². The van der Waals surface area contributed by atoms with E-state index in [1.165, 1.54) is 19.2 Å². The van der Waals surface area contributed by atoms with Crippen molar-refractivity contribution in [1.29, 1.82) is 0 Å². The van der Waals surface area contributed by atoms with E-state index < -0.39 is 29.8 Å². The average Bonchev–Trinajstić information content (AvgIpc) is 3.31. The van der Waals surface area contributed by atoms with E-state index in [1.54, 1.807) is 65.7 Å². The molecule has 3 aromatic carbocycles. The molecule has 32 heavy (non-hydrogen) atoms. The zero-order chi connectivity index (χ0) is 22.4. The first kappa shape index (κ1) is 20.5. The van der Waals surface area contributed by atoms with Gasteiger partial charge in [0.2, 0.25) is 5.91 Å². The van der Waals surface area contributed by atoms with Crippen LogP contribution in [0.15, 0.2) is 72.8 Å². The number of ether oxygens (including phenoxy) is 1. The van der Waals surface area contributed by atoms with E-state index >= 15 is 0 Å². The minimum Gasteiger partial charge on any atom is -0.497 e. The Morgan fingerprint density at radius 1 is 0.875 bits per heavy atom. The molecule has 6 nitrogen and oxygen atoms in total. The summed E-state index contributed by atoms with van der Waals surface area (Å²) in [5, 5.41) is 2.09. The summed E-state index contributed by atoms with van der Waals surface area (Å²) in [6.45, 7) is 0. The Kier molecular flexibility index (Phi) is 5.07. The van der Waals surface area contributed by atoms with Crippen LogP contribution in [0.4, 0.5) is 15.8 Å². The Balaban J connectivity index is 1.55. The molecule has 0 radical (unpaired) electrons. The number of nitrogens with zero attached hydrogens (tertiary/aromatic N) is 2. The lowest BCUT2D eigenvalue weighted by molar-refractivity contribution is -0.126. The predicted molar refractivity (Wildman–Crippen MR) is 117 cm³/mol. The molecular weight excluding hydrogens is 435 g/mol. The average molecular weight is 453 g/mol. The highest BCUT2D eigenvalue weighted by molar-refractivity contribution is 6.30. The first-order chi connectivity index (χ1) is 15.5. The smallest absolute Gasteiger partial charge is 0.266 e. The number of carbonyl (C=O) groups excluding carboxylic acids is 2. The molecule has 2 aliphatic rings. The first-order valence-electron chi connectivity index (χ1n) is 9.97. The number of benzene rings is 3. The van der Waals surface area contributed by atoms with E-state index in [4.69, 9.17) is 21.2 Å². The largest absolute Gasteiger partial charge is 0.497 e. The molecule has 0 spiro atoms. The monoisotopic (exact) mass is 452 g/mol. The van der Waals surface area contributed by atoms with Gasteiger partial charge in [-0.15, -0.1) is 0 Å². The van der Waals surface area contributed by atoms with Gasteiger partial charge < -0.3 is 4.74 Å². The van der Waals surface area contributed by atoms with E-state index in [9.17, 15) is 14.0 Å². The number of fused-ring (bicyclic) bond motifs is 1. The molecule has 0 unspecified atom stereocenters. The number of methoxy groups -OCH3 is 1. The lowest BCUT2D eigenvalue weighted by Gasteiger charge is -2.28. The Hall–Kier alpha value is -3.42. The number of hydrogen-bond donors (Lipinski definition) is 0. The predicted octanol–water partition coefficient (Wildman–Crippen LogP) is 4.54. The number of anilines is 2.